The van der Waals surface area contributed by atoms with Crippen molar-refractivity contribution in [1.82, 2.24) is 4.90 Å². The van der Waals surface area contributed by atoms with E-state index in [1.807, 2.05) is 12.1 Å². The van der Waals surface area contributed by atoms with Gasteiger partial charge in [0.15, 0.2) is 0 Å². The molecule has 0 bridgehead atoms. The van der Waals surface area contributed by atoms with E-state index in [-0.39, 0.29) is 19.0 Å². The van der Waals surface area contributed by atoms with Crippen LogP contribution in [0.4, 0.5) is 5.69 Å². The Bertz CT molecular complexity index is 493. The van der Waals surface area contributed by atoms with Crippen LogP contribution in [0.5, 0.6) is 0 Å². The van der Waals surface area contributed by atoms with E-state index in [1.54, 1.807) is 6.07 Å². The predicted molar refractivity (Wildman–Crippen MR) is 71.2 cm³/mol. The minimum atomic E-state index is -0.830. The van der Waals surface area contributed by atoms with Gasteiger partial charge in [0.2, 0.25) is 0 Å². The summed E-state index contributed by atoms with van der Waals surface area (Å²) in [7, 11) is 0. The van der Waals surface area contributed by atoms with Gasteiger partial charge in [0.25, 0.3) is 5.91 Å². The maximum Gasteiger partial charge on any atom is 0.254 e. The van der Waals surface area contributed by atoms with E-state index in [4.69, 9.17) is 0 Å². The summed E-state index contributed by atoms with van der Waals surface area (Å²) in [5.74, 6) is -0.121. The van der Waals surface area contributed by atoms with E-state index in [0.29, 0.717) is 5.56 Å². The fourth-order valence-electron chi connectivity index (χ4n) is 2.73. The van der Waals surface area contributed by atoms with E-state index >= 15 is 0 Å². The van der Waals surface area contributed by atoms with E-state index in [0.717, 1.165) is 30.6 Å². The predicted octanol–water partition coefficient (Wildman–Crippen LogP) is 0.222. The summed E-state index contributed by atoms with van der Waals surface area (Å²) in [6.45, 7) is 1.38. The number of likely N-dealkylation sites (tertiary alicyclic amines) is 1. The minimum Gasteiger partial charge on any atom is -0.388 e. The van der Waals surface area contributed by atoms with E-state index < -0.39 is 12.2 Å². The molecule has 0 aromatic heterocycles. The zero-order valence-corrected chi connectivity index (χ0v) is 10.7. The number of hydrogen-bond acceptors (Lipinski definition) is 4. The molecule has 2 aliphatic heterocycles. The number of aliphatic hydroxyl groups excluding tert-OH is 2. The van der Waals surface area contributed by atoms with Crippen LogP contribution in [0.1, 0.15) is 22.3 Å². The molecule has 1 amide bonds. The van der Waals surface area contributed by atoms with Gasteiger partial charge < -0.3 is 20.4 Å². The van der Waals surface area contributed by atoms with Gasteiger partial charge in [-0.3, -0.25) is 4.79 Å². The number of amides is 1. The monoisotopic (exact) mass is 262 g/mol. The molecule has 2 heterocycles. The molecule has 0 spiro atoms. The van der Waals surface area contributed by atoms with Crippen molar-refractivity contribution >= 4 is 11.6 Å². The number of carbonyl (C=O) groups excluding carboxylic acids is 1. The van der Waals surface area contributed by atoms with E-state index in [1.165, 1.54) is 4.90 Å². The van der Waals surface area contributed by atoms with Crippen LogP contribution in [0, 0.1) is 0 Å². The lowest BCUT2D eigenvalue weighted by atomic mass is 10.0. The molecule has 1 saturated heterocycles. The van der Waals surface area contributed by atoms with Crippen molar-refractivity contribution in [3.63, 3.8) is 0 Å². The van der Waals surface area contributed by atoms with Crippen LogP contribution in [0.2, 0.25) is 0 Å². The summed E-state index contributed by atoms with van der Waals surface area (Å²) in [4.78, 5) is 13.8. The lowest BCUT2D eigenvalue weighted by Crippen LogP contribution is -2.30. The van der Waals surface area contributed by atoms with Crippen molar-refractivity contribution in [3.8, 4) is 0 Å². The van der Waals surface area contributed by atoms with Gasteiger partial charge in [-0.1, -0.05) is 0 Å². The van der Waals surface area contributed by atoms with Crippen molar-refractivity contribution in [3.05, 3.63) is 29.3 Å². The standard InChI is InChI=1S/C14H18N2O3/c17-12-7-16(8-13(12)18)14(19)10-3-4-11-9(6-10)2-1-5-15-11/h3-4,6,12-13,15,17-18H,1-2,5,7-8H2/t12-,13+. The fraction of sp³-hybridized carbons (Fsp3) is 0.500. The number of aryl methyl sites for hydroxylation is 1. The maximum absolute atomic E-state index is 12.3. The third kappa shape index (κ3) is 2.31. The zero-order valence-electron chi connectivity index (χ0n) is 10.7. The Morgan fingerprint density at radius 1 is 1.26 bits per heavy atom. The summed E-state index contributed by atoms with van der Waals surface area (Å²) in [6.07, 6.45) is 0.395. The Hall–Kier alpha value is -1.59. The molecule has 0 saturated carbocycles. The van der Waals surface area contributed by atoms with Gasteiger partial charge in [-0.25, -0.2) is 0 Å². The number of rotatable bonds is 1. The second kappa shape index (κ2) is 4.83. The molecule has 1 aromatic rings. The molecular weight excluding hydrogens is 244 g/mol. The number of hydrogen-bond donors (Lipinski definition) is 3. The second-order valence-corrected chi connectivity index (χ2v) is 5.25. The van der Waals surface area contributed by atoms with Crippen molar-refractivity contribution < 1.29 is 15.0 Å². The normalized spacial score (nSPS) is 25.9. The van der Waals surface area contributed by atoms with Gasteiger partial charge in [0.05, 0.1) is 12.2 Å². The van der Waals surface area contributed by atoms with E-state index in [2.05, 4.69) is 5.32 Å². The molecule has 1 fully saturated rings. The Kier molecular flexibility index (Phi) is 3.16. The number of fused-ring (bicyclic) bond motifs is 1. The first kappa shape index (κ1) is 12.4. The SMILES string of the molecule is O=C(c1ccc2c(c1)CCCN2)N1C[C@@H](O)[C@@H](O)C1. The number of nitrogens with one attached hydrogen (secondary N) is 1. The smallest absolute Gasteiger partial charge is 0.254 e. The van der Waals surface area contributed by atoms with Crippen LogP contribution in [0.3, 0.4) is 0 Å². The van der Waals surface area contributed by atoms with Crippen LogP contribution in [0.25, 0.3) is 0 Å². The minimum absolute atomic E-state index is 0.121. The largest absolute Gasteiger partial charge is 0.388 e. The summed E-state index contributed by atoms with van der Waals surface area (Å²) in [6, 6.07) is 5.65. The Morgan fingerprint density at radius 2 is 2.00 bits per heavy atom. The van der Waals surface area contributed by atoms with Gasteiger partial charge in [-0.15, -0.1) is 0 Å². The summed E-state index contributed by atoms with van der Waals surface area (Å²) < 4.78 is 0. The van der Waals surface area contributed by atoms with Crippen LogP contribution < -0.4 is 5.32 Å². The van der Waals surface area contributed by atoms with Crippen LogP contribution in [-0.2, 0) is 6.42 Å². The first-order chi connectivity index (χ1) is 9.15. The third-order valence-corrected chi connectivity index (χ3v) is 3.84. The molecule has 102 valence electrons. The molecule has 2 aliphatic rings. The van der Waals surface area contributed by atoms with Crippen LogP contribution in [-0.4, -0.2) is 52.9 Å². The summed E-state index contributed by atoms with van der Waals surface area (Å²) >= 11 is 0. The Balaban J connectivity index is 1.80. The molecule has 1 aromatic carbocycles. The van der Waals surface area contributed by atoms with Gasteiger partial charge in [-0.2, -0.15) is 0 Å². The van der Waals surface area contributed by atoms with E-state index in [9.17, 15) is 15.0 Å². The van der Waals surface area contributed by atoms with Crippen LogP contribution >= 0.6 is 0 Å². The number of β-amino-alcohol motifs (C(OH)–C–C–N with tert-alkyl or cyclic N) is 2. The van der Waals surface area contributed by atoms with Crippen molar-refractivity contribution in [2.24, 2.45) is 0 Å². The molecule has 0 aliphatic carbocycles. The summed E-state index contributed by atoms with van der Waals surface area (Å²) in [5.41, 5.74) is 2.89. The molecule has 3 rings (SSSR count). The maximum atomic E-state index is 12.3. The van der Waals surface area contributed by atoms with Crippen LogP contribution in [0.15, 0.2) is 18.2 Å². The highest BCUT2D eigenvalue weighted by atomic mass is 16.3. The molecular formula is C14H18N2O3. The highest BCUT2D eigenvalue weighted by Gasteiger charge is 2.33. The summed E-state index contributed by atoms with van der Waals surface area (Å²) in [5, 5.41) is 22.3. The van der Waals surface area contributed by atoms with Gasteiger partial charge in [0.1, 0.15) is 0 Å². The molecule has 19 heavy (non-hydrogen) atoms. The second-order valence-electron chi connectivity index (χ2n) is 5.25. The average molecular weight is 262 g/mol. The number of nitrogens with zero attached hydrogens (tertiary/aromatic N) is 1. The van der Waals surface area contributed by atoms with Crippen molar-refractivity contribution in [2.75, 3.05) is 25.0 Å². The molecule has 0 radical (unpaired) electrons. The topological polar surface area (TPSA) is 72.8 Å². The third-order valence-electron chi connectivity index (χ3n) is 3.84. The molecule has 2 atom stereocenters. The number of anilines is 1. The molecule has 5 heteroatoms. The molecule has 0 unspecified atom stereocenters. The van der Waals surface area contributed by atoms with Gasteiger partial charge in [-0.05, 0) is 36.6 Å². The highest BCUT2D eigenvalue weighted by Crippen LogP contribution is 2.24. The first-order valence-corrected chi connectivity index (χ1v) is 6.67. The average Bonchev–Trinajstić information content (AvgIpc) is 2.77. The Morgan fingerprint density at radius 3 is 2.74 bits per heavy atom. The number of benzene rings is 1. The van der Waals surface area contributed by atoms with Crippen molar-refractivity contribution in [2.45, 2.75) is 25.0 Å². The Labute approximate surface area is 111 Å². The molecule has 3 N–H and O–H groups in total. The molecule has 5 nitrogen and oxygen atoms in total. The lowest BCUT2D eigenvalue weighted by Gasteiger charge is -2.20. The lowest BCUT2D eigenvalue weighted by molar-refractivity contribution is 0.0572. The quantitative estimate of drug-likeness (QED) is 0.677. The first-order valence-electron chi connectivity index (χ1n) is 6.67. The number of carbonyl (C=O) groups is 1. The number of aliphatic hydroxyl groups is 2. The van der Waals surface area contributed by atoms with Crippen molar-refractivity contribution in [1.29, 1.82) is 0 Å². The van der Waals surface area contributed by atoms with Gasteiger partial charge in [0, 0.05) is 30.9 Å². The highest BCUT2D eigenvalue weighted by molar-refractivity contribution is 5.95. The zero-order chi connectivity index (χ0) is 13.4. The van der Waals surface area contributed by atoms with Gasteiger partial charge >= 0.3 is 0 Å². The fourth-order valence-corrected chi connectivity index (χ4v) is 2.73.